The number of thioether (sulfide) groups is 1. The third-order valence-corrected chi connectivity index (χ3v) is 5.96. The molecule has 0 fully saturated rings. The van der Waals surface area contributed by atoms with Gasteiger partial charge in [0.2, 0.25) is 11.7 Å². The van der Waals surface area contributed by atoms with E-state index < -0.39 is 27.6 Å². The van der Waals surface area contributed by atoms with Gasteiger partial charge in [0.15, 0.2) is 11.0 Å². The van der Waals surface area contributed by atoms with E-state index in [1.54, 1.807) is 19.3 Å². The van der Waals surface area contributed by atoms with Crippen LogP contribution in [-0.2, 0) is 11.3 Å². The number of nitrogens with one attached hydrogen (secondary N) is 1. The van der Waals surface area contributed by atoms with Crippen molar-refractivity contribution in [3.05, 3.63) is 94.6 Å². The van der Waals surface area contributed by atoms with Crippen molar-refractivity contribution >= 4 is 29.0 Å². The zero-order chi connectivity index (χ0) is 24.1. The average Bonchev–Trinajstić information content (AvgIpc) is 3.23. The first-order valence-electron chi connectivity index (χ1n) is 10.2. The van der Waals surface area contributed by atoms with Crippen LogP contribution in [0.15, 0.2) is 78.2 Å². The van der Waals surface area contributed by atoms with Gasteiger partial charge in [0, 0.05) is 29.7 Å². The number of aromatic nitrogens is 4. The first kappa shape index (κ1) is 23.1. The lowest BCUT2D eigenvalue weighted by Crippen LogP contribution is -2.23. The van der Waals surface area contributed by atoms with Crippen molar-refractivity contribution in [2.75, 3.05) is 5.32 Å². The second kappa shape index (κ2) is 10.2. The SMILES string of the molecule is CC(Sc1nnc(-c2cccnc2)n1Cc1ccccc1)C(=O)Nc1ccc(F)c([N+](=O)[O-])c1. The molecule has 2 heterocycles. The van der Waals surface area contributed by atoms with Crippen LogP contribution in [0.5, 0.6) is 0 Å². The summed E-state index contributed by atoms with van der Waals surface area (Å²) in [5.41, 5.74) is 1.24. The number of amides is 1. The first-order valence-corrected chi connectivity index (χ1v) is 11.1. The molecule has 1 N–H and O–H groups in total. The summed E-state index contributed by atoms with van der Waals surface area (Å²) in [7, 11) is 0. The molecule has 2 aromatic heterocycles. The summed E-state index contributed by atoms with van der Waals surface area (Å²) >= 11 is 1.19. The van der Waals surface area contributed by atoms with Crippen molar-refractivity contribution in [2.24, 2.45) is 0 Å². The molecule has 2 aromatic carbocycles. The van der Waals surface area contributed by atoms with Crippen LogP contribution < -0.4 is 5.32 Å². The smallest absolute Gasteiger partial charge is 0.306 e. The van der Waals surface area contributed by atoms with Gasteiger partial charge in [-0.05, 0) is 36.8 Å². The van der Waals surface area contributed by atoms with Crippen LogP contribution in [0.2, 0.25) is 0 Å². The fourth-order valence-electron chi connectivity index (χ4n) is 3.18. The van der Waals surface area contributed by atoms with Gasteiger partial charge in [-0.15, -0.1) is 10.2 Å². The average molecular weight is 479 g/mol. The van der Waals surface area contributed by atoms with E-state index in [1.165, 1.54) is 17.8 Å². The first-order chi connectivity index (χ1) is 16.4. The Balaban J connectivity index is 1.57. The Bertz CT molecular complexity index is 1320. The molecule has 1 unspecified atom stereocenters. The van der Waals surface area contributed by atoms with E-state index in [2.05, 4.69) is 20.5 Å². The predicted octanol–water partition coefficient (Wildman–Crippen LogP) is 4.56. The molecule has 0 saturated carbocycles. The number of hydrogen-bond acceptors (Lipinski definition) is 7. The molecule has 0 saturated heterocycles. The minimum Gasteiger partial charge on any atom is -0.325 e. The minimum atomic E-state index is -0.970. The maximum atomic E-state index is 13.6. The van der Waals surface area contributed by atoms with E-state index in [9.17, 15) is 19.3 Å². The molecule has 0 bridgehead atoms. The Morgan fingerprint density at radius 3 is 2.68 bits per heavy atom. The summed E-state index contributed by atoms with van der Waals surface area (Å²) < 4.78 is 15.5. The van der Waals surface area contributed by atoms with Crippen molar-refractivity contribution in [1.29, 1.82) is 0 Å². The highest BCUT2D eigenvalue weighted by Gasteiger charge is 2.22. The zero-order valence-corrected chi connectivity index (χ0v) is 18.8. The molecule has 34 heavy (non-hydrogen) atoms. The highest BCUT2D eigenvalue weighted by atomic mass is 32.2. The number of nitro groups is 1. The number of carbonyl (C=O) groups excluding carboxylic acids is 1. The Labute approximate surface area is 198 Å². The van der Waals surface area contributed by atoms with Crippen LogP contribution in [0.25, 0.3) is 11.4 Å². The predicted molar refractivity (Wildman–Crippen MR) is 126 cm³/mol. The highest BCUT2D eigenvalue weighted by molar-refractivity contribution is 8.00. The number of anilines is 1. The molecule has 0 aliphatic carbocycles. The van der Waals surface area contributed by atoms with Crippen LogP contribution in [0.4, 0.5) is 15.8 Å². The number of hydrogen-bond donors (Lipinski definition) is 1. The molecule has 0 radical (unpaired) electrons. The number of pyridine rings is 1. The molecule has 172 valence electrons. The van der Waals surface area contributed by atoms with Gasteiger partial charge >= 0.3 is 5.69 Å². The summed E-state index contributed by atoms with van der Waals surface area (Å²) in [6, 6.07) is 16.7. The van der Waals surface area contributed by atoms with Gasteiger partial charge < -0.3 is 5.32 Å². The van der Waals surface area contributed by atoms with Gasteiger partial charge in [0.1, 0.15) is 0 Å². The lowest BCUT2D eigenvalue weighted by Gasteiger charge is -2.14. The maximum Gasteiger partial charge on any atom is 0.306 e. The van der Waals surface area contributed by atoms with Gasteiger partial charge in [-0.3, -0.25) is 24.5 Å². The largest absolute Gasteiger partial charge is 0.325 e. The van der Waals surface area contributed by atoms with Crippen molar-refractivity contribution in [1.82, 2.24) is 19.7 Å². The number of benzene rings is 2. The zero-order valence-electron chi connectivity index (χ0n) is 18.0. The van der Waals surface area contributed by atoms with Crippen LogP contribution in [0, 0.1) is 15.9 Å². The van der Waals surface area contributed by atoms with E-state index in [4.69, 9.17) is 0 Å². The molecule has 1 amide bonds. The molecule has 4 aromatic rings. The van der Waals surface area contributed by atoms with E-state index in [0.29, 0.717) is 17.5 Å². The van der Waals surface area contributed by atoms with Crippen molar-refractivity contribution in [3.63, 3.8) is 0 Å². The van der Waals surface area contributed by atoms with E-state index in [1.807, 2.05) is 47.0 Å². The van der Waals surface area contributed by atoms with Crippen LogP contribution in [-0.4, -0.2) is 35.8 Å². The quantitative estimate of drug-likeness (QED) is 0.224. The molecular weight excluding hydrogens is 459 g/mol. The van der Waals surface area contributed by atoms with Crippen molar-refractivity contribution in [3.8, 4) is 11.4 Å². The van der Waals surface area contributed by atoms with Crippen LogP contribution in [0.1, 0.15) is 12.5 Å². The Morgan fingerprint density at radius 2 is 1.97 bits per heavy atom. The van der Waals surface area contributed by atoms with E-state index in [-0.39, 0.29) is 5.69 Å². The molecule has 0 aliphatic heterocycles. The third kappa shape index (κ3) is 5.26. The lowest BCUT2D eigenvalue weighted by atomic mass is 10.2. The summed E-state index contributed by atoms with van der Waals surface area (Å²) in [6.45, 7) is 2.17. The van der Waals surface area contributed by atoms with Gasteiger partial charge in [-0.1, -0.05) is 42.1 Å². The van der Waals surface area contributed by atoms with E-state index in [0.717, 1.165) is 23.3 Å². The second-order valence-corrected chi connectivity index (χ2v) is 8.60. The number of halogens is 1. The monoisotopic (exact) mass is 478 g/mol. The van der Waals surface area contributed by atoms with Crippen molar-refractivity contribution < 1.29 is 14.1 Å². The highest BCUT2D eigenvalue weighted by Crippen LogP contribution is 2.29. The second-order valence-electron chi connectivity index (χ2n) is 7.29. The van der Waals surface area contributed by atoms with Gasteiger partial charge in [0.25, 0.3) is 0 Å². The lowest BCUT2D eigenvalue weighted by molar-refractivity contribution is -0.387. The Morgan fingerprint density at radius 1 is 1.18 bits per heavy atom. The Hall–Kier alpha value is -4.12. The van der Waals surface area contributed by atoms with E-state index >= 15 is 0 Å². The van der Waals surface area contributed by atoms with Crippen LogP contribution >= 0.6 is 11.8 Å². The summed E-state index contributed by atoms with van der Waals surface area (Å²) in [4.78, 5) is 27.0. The van der Waals surface area contributed by atoms with Gasteiger partial charge in [-0.25, -0.2) is 0 Å². The third-order valence-electron chi connectivity index (χ3n) is 4.88. The van der Waals surface area contributed by atoms with Gasteiger partial charge in [-0.2, -0.15) is 4.39 Å². The molecule has 1 atom stereocenters. The maximum absolute atomic E-state index is 13.6. The number of nitro benzene ring substituents is 1. The van der Waals surface area contributed by atoms with Crippen LogP contribution in [0.3, 0.4) is 0 Å². The Kier molecular flexibility index (Phi) is 6.93. The number of nitrogens with zero attached hydrogens (tertiary/aromatic N) is 5. The van der Waals surface area contributed by atoms with Crippen molar-refractivity contribution in [2.45, 2.75) is 23.9 Å². The molecule has 0 aliphatic rings. The number of rotatable bonds is 8. The number of carbonyl (C=O) groups is 1. The molecular formula is C23H19FN6O3S. The topological polar surface area (TPSA) is 116 Å². The normalized spacial score (nSPS) is 11.7. The fourth-order valence-corrected chi connectivity index (χ4v) is 4.03. The molecule has 0 spiro atoms. The molecule has 9 nitrogen and oxygen atoms in total. The fraction of sp³-hybridized carbons (Fsp3) is 0.130. The molecule has 4 rings (SSSR count). The minimum absolute atomic E-state index is 0.132. The summed E-state index contributed by atoms with van der Waals surface area (Å²) in [5, 5.41) is 22.1. The van der Waals surface area contributed by atoms with Gasteiger partial charge in [0.05, 0.1) is 16.7 Å². The standard InChI is InChI=1S/C23H19FN6O3S/c1-15(22(31)26-18-9-10-19(24)20(12-18)30(32)33)34-23-28-27-21(17-8-5-11-25-13-17)29(23)14-16-6-3-2-4-7-16/h2-13,15H,14H2,1H3,(H,26,31). The summed E-state index contributed by atoms with van der Waals surface area (Å²) in [6.07, 6.45) is 3.36. The molecule has 11 heteroatoms. The summed E-state index contributed by atoms with van der Waals surface area (Å²) in [5.74, 6) is -0.772.